The van der Waals surface area contributed by atoms with Crippen LogP contribution in [0.2, 0.25) is 0 Å². The molecule has 0 bridgehead atoms. The Labute approximate surface area is 136 Å². The van der Waals surface area contributed by atoms with Crippen molar-refractivity contribution in [3.63, 3.8) is 0 Å². The number of nitrogens with one attached hydrogen (secondary N) is 1. The summed E-state index contributed by atoms with van der Waals surface area (Å²) in [5.41, 5.74) is 0.596. The average molecular weight is 330 g/mol. The third-order valence-corrected chi connectivity index (χ3v) is 2.83. The van der Waals surface area contributed by atoms with Gasteiger partial charge in [0.05, 0.1) is 12.5 Å². The number of esters is 1. The lowest BCUT2D eigenvalue weighted by Gasteiger charge is -2.04. The summed E-state index contributed by atoms with van der Waals surface area (Å²) >= 11 is 0. The maximum absolute atomic E-state index is 11.7. The lowest BCUT2D eigenvalue weighted by molar-refractivity contribution is -0.149. The van der Waals surface area contributed by atoms with Gasteiger partial charge in [-0.3, -0.25) is 9.59 Å². The van der Waals surface area contributed by atoms with Crippen molar-refractivity contribution in [2.45, 2.75) is 13.0 Å². The molecule has 1 aromatic carbocycles. The van der Waals surface area contributed by atoms with Crippen molar-refractivity contribution in [1.29, 1.82) is 5.26 Å². The number of amides is 1. The highest BCUT2D eigenvalue weighted by Crippen LogP contribution is 2.13. The first-order chi connectivity index (χ1) is 11.6. The van der Waals surface area contributed by atoms with Gasteiger partial charge in [0.15, 0.2) is 6.61 Å². The van der Waals surface area contributed by atoms with Crippen LogP contribution >= 0.6 is 0 Å². The van der Waals surface area contributed by atoms with E-state index in [9.17, 15) is 14.4 Å². The quantitative estimate of drug-likeness (QED) is 0.562. The summed E-state index contributed by atoms with van der Waals surface area (Å²) in [6, 6.07) is 10.6. The van der Waals surface area contributed by atoms with E-state index < -0.39 is 30.8 Å². The van der Waals surface area contributed by atoms with Crippen LogP contribution < -0.4 is 11.1 Å². The highest BCUT2D eigenvalue weighted by atomic mass is 16.5. The molecule has 1 aromatic heterocycles. The first-order valence-electron chi connectivity index (χ1n) is 7.03. The largest absolute Gasteiger partial charge is 0.454 e. The number of hydrogen-bond donors (Lipinski definition) is 1. The smallest absolute Gasteiger partial charge is 0.437 e. The van der Waals surface area contributed by atoms with E-state index >= 15 is 0 Å². The Balaban J connectivity index is 1.89. The molecule has 2 aromatic rings. The summed E-state index contributed by atoms with van der Waals surface area (Å²) in [6.07, 6.45) is 0.163. The molecule has 0 aliphatic heterocycles. The fraction of sp³-hybridized carbons (Fsp3) is 0.267. The number of carbonyl (C=O) groups excluding carboxylic acids is 2. The predicted octanol–water partition coefficient (Wildman–Crippen LogP) is 0.0764. The van der Waals surface area contributed by atoms with Gasteiger partial charge in [0.1, 0.15) is 6.54 Å². The van der Waals surface area contributed by atoms with E-state index in [1.807, 2.05) is 6.07 Å². The Bertz CT molecular complexity index is 803. The zero-order valence-corrected chi connectivity index (χ0v) is 12.6. The van der Waals surface area contributed by atoms with Crippen LogP contribution in [0.3, 0.4) is 0 Å². The van der Waals surface area contributed by atoms with Crippen LogP contribution in [-0.2, 0) is 20.9 Å². The maximum atomic E-state index is 11.7. The lowest BCUT2D eigenvalue weighted by atomic mass is 10.2. The van der Waals surface area contributed by atoms with Crippen molar-refractivity contribution in [3.05, 3.63) is 40.9 Å². The Kier molecular flexibility index (Phi) is 5.85. The fourth-order valence-corrected chi connectivity index (χ4v) is 1.73. The van der Waals surface area contributed by atoms with Crippen molar-refractivity contribution >= 4 is 11.9 Å². The third kappa shape index (κ3) is 4.81. The van der Waals surface area contributed by atoms with Crippen LogP contribution in [0.25, 0.3) is 11.5 Å². The topological polar surface area (TPSA) is 127 Å². The van der Waals surface area contributed by atoms with E-state index in [0.29, 0.717) is 5.56 Å². The first kappa shape index (κ1) is 17.0. The summed E-state index contributed by atoms with van der Waals surface area (Å²) in [6.45, 7) is -0.793. The highest BCUT2D eigenvalue weighted by Gasteiger charge is 2.14. The van der Waals surface area contributed by atoms with Gasteiger partial charge < -0.3 is 14.5 Å². The second-order valence-electron chi connectivity index (χ2n) is 4.62. The van der Waals surface area contributed by atoms with Crippen molar-refractivity contribution in [3.8, 4) is 17.5 Å². The summed E-state index contributed by atoms with van der Waals surface area (Å²) in [4.78, 5) is 34.7. The number of carbonyl (C=O) groups is 2. The number of ether oxygens (including phenoxy) is 1. The first-order valence-corrected chi connectivity index (χ1v) is 7.03. The molecular weight excluding hydrogens is 316 g/mol. The Morgan fingerprint density at radius 2 is 2.08 bits per heavy atom. The van der Waals surface area contributed by atoms with E-state index in [1.54, 1.807) is 30.3 Å². The van der Waals surface area contributed by atoms with Gasteiger partial charge in [0.2, 0.25) is 5.89 Å². The van der Waals surface area contributed by atoms with Crippen molar-refractivity contribution in [2.24, 2.45) is 0 Å². The zero-order chi connectivity index (χ0) is 17.4. The van der Waals surface area contributed by atoms with Gasteiger partial charge in [-0.15, -0.1) is 5.10 Å². The van der Waals surface area contributed by atoms with Gasteiger partial charge in [0, 0.05) is 12.1 Å². The van der Waals surface area contributed by atoms with Gasteiger partial charge in [-0.05, 0) is 12.1 Å². The van der Waals surface area contributed by atoms with E-state index in [4.69, 9.17) is 14.4 Å². The Morgan fingerprint density at radius 3 is 2.79 bits per heavy atom. The van der Waals surface area contributed by atoms with E-state index in [1.165, 1.54) is 0 Å². The molecule has 1 heterocycles. The minimum atomic E-state index is -0.805. The SMILES string of the molecule is N#CCCNC(=O)COC(=O)Cn1nc(-c2ccccc2)oc1=O. The molecule has 24 heavy (non-hydrogen) atoms. The number of nitriles is 1. The summed E-state index contributed by atoms with van der Waals surface area (Å²) in [5, 5.41) is 14.6. The molecule has 9 nitrogen and oxygen atoms in total. The summed E-state index contributed by atoms with van der Waals surface area (Å²) in [7, 11) is 0. The molecule has 124 valence electrons. The van der Waals surface area contributed by atoms with Crippen LogP contribution in [0.15, 0.2) is 39.5 Å². The molecule has 0 atom stereocenters. The van der Waals surface area contributed by atoms with Crippen molar-refractivity contribution in [2.75, 3.05) is 13.2 Å². The Hall–Kier alpha value is -3.41. The standard InChI is InChI=1S/C15H14N4O5/c16-7-4-8-17-12(20)10-23-13(21)9-19-15(22)24-14(18-19)11-5-2-1-3-6-11/h1-3,5-6H,4,8-10H2,(H,17,20). The van der Waals surface area contributed by atoms with Crippen molar-refractivity contribution in [1.82, 2.24) is 15.1 Å². The summed E-state index contributed by atoms with van der Waals surface area (Å²) in [5.74, 6) is -2.05. The monoisotopic (exact) mass is 330 g/mol. The number of hydrogen-bond acceptors (Lipinski definition) is 7. The molecule has 1 amide bonds. The van der Waals surface area contributed by atoms with Crippen LogP contribution in [-0.4, -0.2) is 34.8 Å². The van der Waals surface area contributed by atoms with Gasteiger partial charge in [-0.25, -0.2) is 4.79 Å². The van der Waals surface area contributed by atoms with Crippen LogP contribution in [0.5, 0.6) is 0 Å². The normalized spacial score (nSPS) is 9.96. The predicted molar refractivity (Wildman–Crippen MR) is 80.4 cm³/mol. The molecule has 1 N–H and O–H groups in total. The van der Waals surface area contributed by atoms with E-state index in [2.05, 4.69) is 10.4 Å². The second kappa shape index (κ2) is 8.28. The fourth-order valence-electron chi connectivity index (χ4n) is 1.73. The molecular formula is C15H14N4O5. The molecule has 0 spiro atoms. The van der Waals surface area contributed by atoms with E-state index in [-0.39, 0.29) is 18.9 Å². The number of nitrogens with zero attached hydrogens (tertiary/aromatic N) is 3. The molecule has 9 heteroatoms. The van der Waals surface area contributed by atoms with Gasteiger partial charge >= 0.3 is 11.7 Å². The van der Waals surface area contributed by atoms with Gasteiger partial charge in [-0.2, -0.15) is 9.94 Å². The van der Waals surface area contributed by atoms with Crippen LogP contribution in [0.1, 0.15) is 6.42 Å². The maximum Gasteiger partial charge on any atom is 0.437 e. The van der Waals surface area contributed by atoms with E-state index in [0.717, 1.165) is 4.68 Å². The van der Waals surface area contributed by atoms with Gasteiger partial charge in [-0.1, -0.05) is 18.2 Å². The minimum absolute atomic E-state index is 0.0858. The van der Waals surface area contributed by atoms with Gasteiger partial charge in [0.25, 0.3) is 5.91 Å². The Morgan fingerprint density at radius 1 is 1.33 bits per heavy atom. The molecule has 0 saturated heterocycles. The van der Waals surface area contributed by atoms with Crippen LogP contribution in [0, 0.1) is 11.3 Å². The highest BCUT2D eigenvalue weighted by molar-refractivity contribution is 5.80. The molecule has 0 fully saturated rings. The lowest BCUT2D eigenvalue weighted by Crippen LogP contribution is -2.31. The molecule has 0 saturated carbocycles. The number of rotatable bonds is 7. The number of benzene rings is 1. The second-order valence-corrected chi connectivity index (χ2v) is 4.62. The summed E-state index contributed by atoms with van der Waals surface area (Å²) < 4.78 is 10.5. The zero-order valence-electron chi connectivity index (χ0n) is 12.6. The average Bonchev–Trinajstić information content (AvgIpc) is 2.95. The molecule has 2 rings (SSSR count). The minimum Gasteiger partial charge on any atom is -0.454 e. The third-order valence-electron chi connectivity index (χ3n) is 2.83. The van der Waals surface area contributed by atoms with Crippen molar-refractivity contribution < 1.29 is 18.7 Å². The van der Waals surface area contributed by atoms with Crippen LogP contribution in [0.4, 0.5) is 0 Å². The number of aromatic nitrogens is 2. The molecule has 0 aliphatic carbocycles. The molecule has 0 aliphatic rings. The molecule has 0 radical (unpaired) electrons. The molecule has 0 unspecified atom stereocenters.